The lowest BCUT2D eigenvalue weighted by molar-refractivity contribution is 0.583. The lowest BCUT2D eigenvalue weighted by Gasteiger charge is -1.99. The van der Waals surface area contributed by atoms with Crippen LogP contribution in [-0.2, 0) is 19.4 Å². The summed E-state index contributed by atoms with van der Waals surface area (Å²) in [5.74, 6) is 0. The molecule has 0 saturated carbocycles. The number of fused-ring (bicyclic) bond motifs is 1. The third kappa shape index (κ3) is 1.65. The van der Waals surface area contributed by atoms with Gasteiger partial charge in [-0.1, -0.05) is 6.92 Å². The van der Waals surface area contributed by atoms with Gasteiger partial charge in [0.05, 0.1) is 22.4 Å². The van der Waals surface area contributed by atoms with Gasteiger partial charge in [-0.2, -0.15) is 5.10 Å². The zero-order chi connectivity index (χ0) is 9.26. The third-order valence-corrected chi connectivity index (χ3v) is 3.35. The topological polar surface area (TPSA) is 29.9 Å². The van der Waals surface area contributed by atoms with E-state index in [1.165, 1.54) is 15.9 Å². The first-order valence-corrected chi connectivity index (χ1v) is 5.57. The number of hydrogen-bond donors (Lipinski definition) is 1. The molecule has 72 valence electrons. The van der Waals surface area contributed by atoms with Gasteiger partial charge >= 0.3 is 0 Å². The molecule has 0 unspecified atom stereocenters. The number of nitrogens with one attached hydrogen (secondary N) is 1. The van der Waals surface area contributed by atoms with Crippen LogP contribution in [0.5, 0.6) is 0 Å². The van der Waals surface area contributed by atoms with Crippen molar-refractivity contribution in [3.05, 3.63) is 15.9 Å². The molecule has 0 atom stereocenters. The molecule has 0 amide bonds. The average Bonchev–Trinajstić information content (AvgIpc) is 2.37. The Morgan fingerprint density at radius 3 is 3.15 bits per heavy atom. The van der Waals surface area contributed by atoms with E-state index in [1.54, 1.807) is 0 Å². The van der Waals surface area contributed by atoms with E-state index in [0.717, 1.165) is 32.5 Å². The molecule has 0 aliphatic carbocycles. The predicted octanol–water partition coefficient (Wildman–Crippen LogP) is 1.35. The number of aromatic nitrogens is 2. The molecule has 3 nitrogen and oxygen atoms in total. The monoisotopic (exact) mass is 243 g/mol. The Morgan fingerprint density at radius 2 is 2.38 bits per heavy atom. The highest BCUT2D eigenvalue weighted by molar-refractivity contribution is 9.10. The molecule has 0 bridgehead atoms. The highest BCUT2D eigenvalue weighted by Gasteiger charge is 2.15. The summed E-state index contributed by atoms with van der Waals surface area (Å²) in [4.78, 5) is 0. The van der Waals surface area contributed by atoms with E-state index in [0.29, 0.717) is 0 Å². The van der Waals surface area contributed by atoms with Gasteiger partial charge < -0.3 is 5.32 Å². The predicted molar refractivity (Wildman–Crippen MR) is 55.9 cm³/mol. The summed E-state index contributed by atoms with van der Waals surface area (Å²) in [5, 5.41) is 7.92. The van der Waals surface area contributed by atoms with Gasteiger partial charge in [-0.15, -0.1) is 0 Å². The molecule has 13 heavy (non-hydrogen) atoms. The lowest BCUT2D eigenvalue weighted by atomic mass is 10.2. The Morgan fingerprint density at radius 1 is 1.54 bits per heavy atom. The molecule has 0 radical (unpaired) electrons. The van der Waals surface area contributed by atoms with Gasteiger partial charge in [-0.05, 0) is 22.4 Å². The Balaban J connectivity index is 2.38. The summed E-state index contributed by atoms with van der Waals surface area (Å²) in [5.41, 5.74) is 2.54. The quantitative estimate of drug-likeness (QED) is 0.808. The maximum absolute atomic E-state index is 4.56. The minimum Gasteiger partial charge on any atom is -0.315 e. The van der Waals surface area contributed by atoms with Crippen molar-refractivity contribution in [3.8, 4) is 0 Å². The summed E-state index contributed by atoms with van der Waals surface area (Å²) >= 11 is 3.62. The molecule has 0 spiro atoms. The molecule has 0 fully saturated rings. The molecule has 4 heteroatoms. The van der Waals surface area contributed by atoms with Crippen molar-refractivity contribution in [1.82, 2.24) is 15.1 Å². The molecule has 0 saturated heterocycles. The number of nitrogens with zero attached hydrogens (tertiary/aromatic N) is 2. The van der Waals surface area contributed by atoms with Crippen molar-refractivity contribution in [1.29, 1.82) is 0 Å². The van der Waals surface area contributed by atoms with Crippen LogP contribution in [0.15, 0.2) is 4.47 Å². The fourth-order valence-corrected chi connectivity index (χ4v) is 2.46. The van der Waals surface area contributed by atoms with Crippen LogP contribution in [0.4, 0.5) is 0 Å². The average molecular weight is 244 g/mol. The molecular formula is C9H14BrN3. The Kier molecular flexibility index (Phi) is 2.69. The van der Waals surface area contributed by atoms with Gasteiger partial charge in [0, 0.05) is 19.5 Å². The van der Waals surface area contributed by atoms with Crippen LogP contribution < -0.4 is 5.32 Å². The zero-order valence-electron chi connectivity index (χ0n) is 7.81. The number of rotatable bonds is 1. The molecule has 1 aliphatic rings. The number of aryl methyl sites for hydroxylation is 1. The third-order valence-electron chi connectivity index (χ3n) is 2.43. The van der Waals surface area contributed by atoms with Gasteiger partial charge in [-0.3, -0.25) is 4.68 Å². The maximum Gasteiger partial charge on any atom is 0.0766 e. The molecule has 1 N–H and O–H groups in total. The van der Waals surface area contributed by atoms with Crippen LogP contribution in [0.1, 0.15) is 18.3 Å². The van der Waals surface area contributed by atoms with Gasteiger partial charge in [-0.25, -0.2) is 0 Å². The SMILES string of the molecule is CCc1nn2c(c1Br)CCNCC2. The van der Waals surface area contributed by atoms with Crippen molar-refractivity contribution >= 4 is 15.9 Å². The number of halogens is 1. The largest absolute Gasteiger partial charge is 0.315 e. The highest BCUT2D eigenvalue weighted by Crippen LogP contribution is 2.23. The summed E-state index contributed by atoms with van der Waals surface area (Å²) in [6.45, 7) is 5.23. The highest BCUT2D eigenvalue weighted by atomic mass is 79.9. The molecule has 2 heterocycles. The van der Waals surface area contributed by atoms with Crippen molar-refractivity contribution in [3.63, 3.8) is 0 Å². The Bertz CT molecular complexity index is 306. The van der Waals surface area contributed by atoms with Crippen LogP contribution in [0.25, 0.3) is 0 Å². The maximum atomic E-state index is 4.56. The molecule has 1 aromatic rings. The van der Waals surface area contributed by atoms with Crippen molar-refractivity contribution in [2.45, 2.75) is 26.3 Å². The van der Waals surface area contributed by atoms with Gasteiger partial charge in [0.2, 0.25) is 0 Å². The van der Waals surface area contributed by atoms with E-state index in [2.05, 4.69) is 38.0 Å². The Labute approximate surface area is 86.6 Å². The van der Waals surface area contributed by atoms with Crippen molar-refractivity contribution < 1.29 is 0 Å². The second-order valence-electron chi connectivity index (χ2n) is 3.28. The van der Waals surface area contributed by atoms with E-state index in [9.17, 15) is 0 Å². The minimum absolute atomic E-state index is 0.994. The van der Waals surface area contributed by atoms with Crippen molar-refractivity contribution in [2.24, 2.45) is 0 Å². The summed E-state index contributed by atoms with van der Waals surface area (Å²) in [6.07, 6.45) is 2.08. The Hall–Kier alpha value is -0.350. The van der Waals surface area contributed by atoms with Gasteiger partial charge in [0.25, 0.3) is 0 Å². The van der Waals surface area contributed by atoms with Gasteiger partial charge in [0.15, 0.2) is 0 Å². The first-order valence-electron chi connectivity index (χ1n) is 4.77. The fraction of sp³-hybridized carbons (Fsp3) is 0.667. The first kappa shape index (κ1) is 9.21. The summed E-state index contributed by atoms with van der Waals surface area (Å²) < 4.78 is 3.35. The molecule has 0 aromatic carbocycles. The standard InChI is InChI=1S/C9H14BrN3/c1-2-7-9(10)8-3-4-11-5-6-13(8)12-7/h11H,2-6H2,1H3. The lowest BCUT2D eigenvalue weighted by Crippen LogP contribution is -2.17. The summed E-state index contributed by atoms with van der Waals surface area (Å²) in [7, 11) is 0. The molecule has 1 aliphatic heterocycles. The smallest absolute Gasteiger partial charge is 0.0766 e. The van der Waals surface area contributed by atoms with E-state index < -0.39 is 0 Å². The van der Waals surface area contributed by atoms with E-state index in [4.69, 9.17) is 0 Å². The number of hydrogen-bond acceptors (Lipinski definition) is 2. The molecular weight excluding hydrogens is 230 g/mol. The second kappa shape index (κ2) is 3.80. The van der Waals surface area contributed by atoms with E-state index >= 15 is 0 Å². The zero-order valence-corrected chi connectivity index (χ0v) is 9.39. The van der Waals surface area contributed by atoms with Crippen LogP contribution >= 0.6 is 15.9 Å². The van der Waals surface area contributed by atoms with E-state index in [-0.39, 0.29) is 0 Å². The first-order chi connectivity index (χ1) is 6.33. The fourth-order valence-electron chi connectivity index (χ4n) is 1.70. The van der Waals surface area contributed by atoms with Crippen molar-refractivity contribution in [2.75, 3.05) is 13.1 Å². The second-order valence-corrected chi connectivity index (χ2v) is 4.08. The van der Waals surface area contributed by atoms with E-state index in [1.807, 2.05) is 0 Å². The normalized spacial score (nSPS) is 16.8. The van der Waals surface area contributed by atoms with Crippen LogP contribution in [0.3, 0.4) is 0 Å². The summed E-state index contributed by atoms with van der Waals surface area (Å²) in [6, 6.07) is 0. The van der Waals surface area contributed by atoms with Gasteiger partial charge in [0.1, 0.15) is 0 Å². The van der Waals surface area contributed by atoms with Crippen LogP contribution in [0, 0.1) is 0 Å². The molecule has 2 rings (SSSR count). The minimum atomic E-state index is 0.994. The molecule has 1 aromatic heterocycles. The van der Waals surface area contributed by atoms with Crippen LogP contribution in [-0.4, -0.2) is 22.9 Å². The van der Waals surface area contributed by atoms with Crippen LogP contribution in [0.2, 0.25) is 0 Å².